The van der Waals surface area contributed by atoms with Crippen molar-refractivity contribution in [3.63, 3.8) is 0 Å². The zero-order chi connectivity index (χ0) is 19.6. The van der Waals surface area contributed by atoms with Crippen molar-refractivity contribution in [1.29, 1.82) is 0 Å². The fourth-order valence-electron chi connectivity index (χ4n) is 2.60. The van der Waals surface area contributed by atoms with Crippen molar-refractivity contribution >= 4 is 38.7 Å². The molecule has 0 unspecified atom stereocenters. The number of hydrogen-bond donors (Lipinski definition) is 2. The summed E-state index contributed by atoms with van der Waals surface area (Å²) < 4.78 is 30.2. The number of aryl methyl sites for hydroxylation is 1. The van der Waals surface area contributed by atoms with Gasteiger partial charge in [0.2, 0.25) is 15.9 Å². The normalized spacial score (nSPS) is 13.0. The minimum absolute atomic E-state index is 0.0107. The van der Waals surface area contributed by atoms with Gasteiger partial charge in [-0.15, -0.1) is 0 Å². The lowest BCUT2D eigenvalue weighted by atomic mass is 10.3. The van der Waals surface area contributed by atoms with Gasteiger partial charge in [-0.05, 0) is 44.2 Å². The molecule has 10 heteroatoms. The number of fused-ring (bicyclic) bond motifs is 1. The number of nitrogens with one attached hydrogen (secondary N) is 1. The maximum absolute atomic E-state index is 12.3. The van der Waals surface area contributed by atoms with Crippen molar-refractivity contribution in [1.82, 2.24) is 14.9 Å². The minimum Gasteiger partial charge on any atom is -0.467 e. The number of hydrogen-bond acceptors (Lipinski definition) is 6. The van der Waals surface area contributed by atoms with E-state index in [1.165, 1.54) is 23.9 Å². The van der Waals surface area contributed by atoms with Gasteiger partial charge in [-0.2, -0.15) is 0 Å². The molecule has 2 aromatic heterocycles. The first kappa shape index (κ1) is 19.5. The molecule has 1 aromatic carbocycles. The van der Waals surface area contributed by atoms with Crippen molar-refractivity contribution in [3.8, 4) is 0 Å². The molecule has 3 aromatic rings. The topological polar surface area (TPSA) is 120 Å². The van der Waals surface area contributed by atoms with Crippen LogP contribution in [0.4, 0.5) is 0 Å². The van der Waals surface area contributed by atoms with E-state index < -0.39 is 10.0 Å². The molecule has 0 aliphatic heterocycles. The molecule has 8 nitrogen and oxygen atoms in total. The van der Waals surface area contributed by atoms with E-state index in [0.717, 1.165) is 5.52 Å². The Morgan fingerprint density at radius 2 is 2.19 bits per heavy atom. The van der Waals surface area contributed by atoms with Crippen molar-refractivity contribution in [2.45, 2.75) is 42.2 Å². The molecule has 1 amide bonds. The summed E-state index contributed by atoms with van der Waals surface area (Å²) >= 11 is 1.31. The van der Waals surface area contributed by atoms with Crippen LogP contribution in [0.25, 0.3) is 11.0 Å². The van der Waals surface area contributed by atoms with E-state index in [4.69, 9.17) is 9.56 Å². The Morgan fingerprint density at radius 3 is 2.81 bits per heavy atom. The van der Waals surface area contributed by atoms with Gasteiger partial charge >= 0.3 is 0 Å². The highest BCUT2D eigenvalue weighted by Crippen LogP contribution is 2.28. The number of carbonyl (C=O) groups is 1. The van der Waals surface area contributed by atoms with Crippen LogP contribution in [0.15, 0.2) is 51.1 Å². The van der Waals surface area contributed by atoms with Crippen LogP contribution in [0.1, 0.15) is 19.6 Å². The first-order valence-corrected chi connectivity index (χ1v) is 10.7. The Hall–Kier alpha value is -2.30. The molecule has 3 N–H and O–H groups in total. The van der Waals surface area contributed by atoms with Crippen LogP contribution < -0.4 is 10.5 Å². The maximum atomic E-state index is 12.3. The lowest BCUT2D eigenvalue weighted by Gasteiger charge is -2.12. The van der Waals surface area contributed by atoms with Gasteiger partial charge in [-0.25, -0.2) is 18.5 Å². The molecule has 0 fully saturated rings. The number of carbonyl (C=O) groups excluding carboxylic acids is 1. The SMILES string of the molecule is CCn1c(S[C@@H](C)C(=O)NCc2ccco2)nc2cc(S(N)(=O)=O)ccc21. The molecule has 0 aliphatic carbocycles. The second kappa shape index (κ2) is 7.75. The Morgan fingerprint density at radius 1 is 1.41 bits per heavy atom. The zero-order valence-electron chi connectivity index (χ0n) is 14.9. The molecule has 0 saturated heterocycles. The third kappa shape index (κ3) is 4.34. The summed E-state index contributed by atoms with van der Waals surface area (Å²) in [6.45, 7) is 4.70. The van der Waals surface area contributed by atoms with E-state index >= 15 is 0 Å². The van der Waals surface area contributed by atoms with Crippen molar-refractivity contribution in [2.75, 3.05) is 0 Å². The predicted molar refractivity (Wildman–Crippen MR) is 103 cm³/mol. The molecule has 27 heavy (non-hydrogen) atoms. The molecule has 3 rings (SSSR count). The molecular weight excluding hydrogens is 388 g/mol. The summed E-state index contributed by atoms with van der Waals surface area (Å²) in [6, 6.07) is 8.13. The molecule has 0 bridgehead atoms. The number of primary sulfonamides is 1. The van der Waals surface area contributed by atoms with E-state index in [9.17, 15) is 13.2 Å². The lowest BCUT2D eigenvalue weighted by molar-refractivity contribution is -0.120. The molecule has 0 radical (unpaired) electrons. The van der Waals surface area contributed by atoms with Gasteiger partial charge in [-0.1, -0.05) is 11.8 Å². The third-order valence-electron chi connectivity index (χ3n) is 4.00. The van der Waals surface area contributed by atoms with Crippen LogP contribution >= 0.6 is 11.8 Å². The lowest BCUT2D eigenvalue weighted by Crippen LogP contribution is -2.30. The molecule has 144 valence electrons. The fourth-order valence-corrected chi connectivity index (χ4v) is 4.15. The Bertz CT molecular complexity index is 1060. The highest BCUT2D eigenvalue weighted by Gasteiger charge is 2.20. The van der Waals surface area contributed by atoms with Crippen LogP contribution in [0.3, 0.4) is 0 Å². The van der Waals surface area contributed by atoms with Gasteiger partial charge in [0.1, 0.15) is 5.76 Å². The van der Waals surface area contributed by atoms with Crippen LogP contribution in [0.5, 0.6) is 0 Å². The molecule has 1 atom stereocenters. The van der Waals surface area contributed by atoms with Crippen LogP contribution in [0, 0.1) is 0 Å². The summed E-state index contributed by atoms with van der Waals surface area (Å²) in [4.78, 5) is 16.8. The Kier molecular flexibility index (Phi) is 5.59. The number of imidazole rings is 1. The molecule has 2 heterocycles. The van der Waals surface area contributed by atoms with Gasteiger partial charge < -0.3 is 14.3 Å². The maximum Gasteiger partial charge on any atom is 0.238 e. The summed E-state index contributed by atoms with van der Waals surface area (Å²) in [7, 11) is -3.80. The number of aromatic nitrogens is 2. The van der Waals surface area contributed by atoms with Gasteiger partial charge in [0.25, 0.3) is 0 Å². The second-order valence-electron chi connectivity index (χ2n) is 5.89. The van der Waals surface area contributed by atoms with Gasteiger partial charge in [0.15, 0.2) is 5.16 Å². The van der Waals surface area contributed by atoms with Crippen LogP contribution in [-0.4, -0.2) is 29.1 Å². The third-order valence-corrected chi connectivity index (χ3v) is 6.00. The first-order chi connectivity index (χ1) is 12.8. The zero-order valence-corrected chi connectivity index (χ0v) is 16.5. The average Bonchev–Trinajstić information content (AvgIpc) is 3.25. The molecule has 0 spiro atoms. The van der Waals surface area contributed by atoms with E-state index in [1.807, 2.05) is 11.5 Å². The fraction of sp³-hybridized carbons (Fsp3) is 0.294. The number of thioether (sulfide) groups is 1. The average molecular weight is 409 g/mol. The van der Waals surface area contributed by atoms with E-state index in [0.29, 0.717) is 29.5 Å². The number of nitrogens with zero attached hydrogens (tertiary/aromatic N) is 2. The summed E-state index contributed by atoms with van der Waals surface area (Å²) in [5, 5.41) is 8.26. The standard InChI is InChI=1S/C17H20N4O4S2/c1-3-21-15-7-6-13(27(18,23)24)9-14(15)20-17(21)26-11(2)16(22)19-10-12-5-4-8-25-12/h4-9,11H,3,10H2,1-2H3,(H,19,22)(H2,18,23,24)/t11-/m0/s1. The van der Waals surface area contributed by atoms with Crippen molar-refractivity contribution in [2.24, 2.45) is 5.14 Å². The van der Waals surface area contributed by atoms with Crippen LogP contribution in [-0.2, 0) is 27.9 Å². The van der Waals surface area contributed by atoms with E-state index in [1.54, 1.807) is 31.4 Å². The van der Waals surface area contributed by atoms with Crippen LogP contribution in [0.2, 0.25) is 0 Å². The van der Waals surface area contributed by atoms with Gasteiger partial charge in [0.05, 0.1) is 34.0 Å². The summed E-state index contributed by atoms with van der Waals surface area (Å²) in [5.74, 6) is 0.535. The van der Waals surface area contributed by atoms with E-state index in [2.05, 4.69) is 10.3 Å². The second-order valence-corrected chi connectivity index (χ2v) is 8.76. The Labute approximate surface area is 161 Å². The summed E-state index contributed by atoms with van der Waals surface area (Å²) in [5.41, 5.74) is 1.31. The number of nitrogens with two attached hydrogens (primary N) is 1. The van der Waals surface area contributed by atoms with E-state index in [-0.39, 0.29) is 16.1 Å². The molecule has 0 aliphatic rings. The highest BCUT2D eigenvalue weighted by molar-refractivity contribution is 8.00. The number of benzene rings is 1. The molecule has 0 saturated carbocycles. The number of amides is 1. The smallest absolute Gasteiger partial charge is 0.238 e. The Balaban J connectivity index is 1.79. The highest BCUT2D eigenvalue weighted by atomic mass is 32.2. The monoisotopic (exact) mass is 408 g/mol. The van der Waals surface area contributed by atoms with Gasteiger partial charge in [-0.3, -0.25) is 4.79 Å². The quantitative estimate of drug-likeness (QED) is 0.578. The number of rotatable bonds is 7. The van der Waals surface area contributed by atoms with Gasteiger partial charge in [0, 0.05) is 6.54 Å². The summed E-state index contributed by atoms with van der Waals surface area (Å²) in [6.07, 6.45) is 1.55. The predicted octanol–water partition coefficient (Wildman–Crippen LogP) is 2.09. The minimum atomic E-state index is -3.80. The van der Waals surface area contributed by atoms with Crippen molar-refractivity contribution < 1.29 is 17.6 Å². The molecular formula is C17H20N4O4S2. The number of sulfonamides is 1. The largest absolute Gasteiger partial charge is 0.467 e. The van der Waals surface area contributed by atoms with Crippen molar-refractivity contribution in [3.05, 3.63) is 42.4 Å². The first-order valence-electron chi connectivity index (χ1n) is 8.29. The number of furan rings is 1.